The molecule has 0 aromatic carbocycles. The number of halogens is 1. The molecule has 0 heterocycles. The van der Waals surface area contributed by atoms with E-state index in [1.54, 1.807) is 0 Å². The Bertz CT molecular complexity index is 114. The third-order valence-corrected chi connectivity index (χ3v) is 2.30. The number of nitrogens with zero attached hydrogens (tertiary/aromatic N) is 1. The van der Waals surface area contributed by atoms with Crippen molar-refractivity contribution in [2.45, 2.75) is 27.2 Å². The molecule has 0 N–H and O–H groups in total. The molecule has 86 valence electrons. The topological polar surface area (TPSA) is 12.5 Å². The van der Waals surface area contributed by atoms with Gasteiger partial charge in [0.25, 0.3) is 0 Å². The van der Waals surface area contributed by atoms with Gasteiger partial charge in [0, 0.05) is 25.0 Å². The molecule has 0 radical (unpaired) electrons. The van der Waals surface area contributed by atoms with Gasteiger partial charge in [0.1, 0.15) is 0 Å². The molecule has 14 heavy (non-hydrogen) atoms. The first kappa shape index (κ1) is 14.4. The van der Waals surface area contributed by atoms with Crippen LogP contribution in [0.1, 0.15) is 27.2 Å². The highest BCUT2D eigenvalue weighted by atomic mass is 79.9. The Balaban J connectivity index is 3.40. The minimum Gasteiger partial charge on any atom is -0.380 e. The van der Waals surface area contributed by atoms with E-state index in [1.807, 2.05) is 0 Å². The molecule has 0 aliphatic heterocycles. The molecule has 2 nitrogen and oxygen atoms in total. The summed E-state index contributed by atoms with van der Waals surface area (Å²) in [6, 6.07) is 0. The van der Waals surface area contributed by atoms with E-state index in [0.29, 0.717) is 5.92 Å². The lowest BCUT2D eigenvalue weighted by Gasteiger charge is -2.20. The molecule has 0 spiro atoms. The quantitative estimate of drug-likeness (QED) is 0.470. The maximum Gasteiger partial charge on any atom is 0.0593 e. The van der Waals surface area contributed by atoms with Crippen molar-refractivity contribution in [1.29, 1.82) is 0 Å². The molecule has 3 heteroatoms. The molecule has 0 saturated heterocycles. The summed E-state index contributed by atoms with van der Waals surface area (Å²) in [6.45, 7) is 11.7. The lowest BCUT2D eigenvalue weighted by molar-refractivity contribution is 0.0871. The molecular weight excluding hydrogens is 242 g/mol. The van der Waals surface area contributed by atoms with Crippen LogP contribution >= 0.6 is 15.9 Å². The normalized spacial score (nSPS) is 11.6. The fourth-order valence-electron chi connectivity index (χ4n) is 1.28. The van der Waals surface area contributed by atoms with Crippen molar-refractivity contribution in [2.75, 3.05) is 38.2 Å². The Labute approximate surface area is 97.1 Å². The first-order valence-electron chi connectivity index (χ1n) is 5.56. The van der Waals surface area contributed by atoms with Crippen LogP contribution in [0.3, 0.4) is 0 Å². The van der Waals surface area contributed by atoms with Gasteiger partial charge in [-0.25, -0.2) is 0 Å². The Morgan fingerprint density at radius 3 is 2.43 bits per heavy atom. The van der Waals surface area contributed by atoms with E-state index in [2.05, 4.69) is 41.6 Å². The number of ether oxygens (including phenoxy) is 1. The monoisotopic (exact) mass is 265 g/mol. The SMILES string of the molecule is CCCN(CCBr)CCOCC(C)C. The third-order valence-electron chi connectivity index (χ3n) is 1.94. The molecule has 0 aromatic heterocycles. The van der Waals surface area contributed by atoms with E-state index in [9.17, 15) is 0 Å². The molecular formula is C11H24BrNO. The summed E-state index contributed by atoms with van der Waals surface area (Å²) in [6.07, 6.45) is 1.22. The lowest BCUT2D eigenvalue weighted by atomic mass is 10.2. The van der Waals surface area contributed by atoms with Gasteiger partial charge in [-0.3, -0.25) is 0 Å². The largest absolute Gasteiger partial charge is 0.380 e. The number of rotatable bonds is 9. The molecule has 0 rings (SSSR count). The Kier molecular flexibility index (Phi) is 10.2. The van der Waals surface area contributed by atoms with Crippen LogP contribution in [0.2, 0.25) is 0 Å². The van der Waals surface area contributed by atoms with E-state index < -0.39 is 0 Å². The second-order valence-electron chi connectivity index (χ2n) is 4.00. The van der Waals surface area contributed by atoms with Crippen LogP contribution in [-0.2, 0) is 4.74 Å². The van der Waals surface area contributed by atoms with Gasteiger partial charge in [-0.1, -0.05) is 36.7 Å². The van der Waals surface area contributed by atoms with Gasteiger partial charge in [-0.15, -0.1) is 0 Å². The minimum absolute atomic E-state index is 0.644. The van der Waals surface area contributed by atoms with E-state index in [-0.39, 0.29) is 0 Å². The fourth-order valence-corrected chi connectivity index (χ4v) is 1.79. The average molecular weight is 266 g/mol. The van der Waals surface area contributed by atoms with E-state index in [1.165, 1.54) is 13.0 Å². The zero-order valence-electron chi connectivity index (χ0n) is 9.76. The fraction of sp³-hybridized carbons (Fsp3) is 1.00. The molecule has 0 fully saturated rings. The third kappa shape index (κ3) is 8.97. The zero-order valence-corrected chi connectivity index (χ0v) is 11.3. The van der Waals surface area contributed by atoms with Crippen molar-refractivity contribution < 1.29 is 4.74 Å². The van der Waals surface area contributed by atoms with Gasteiger partial charge in [0.05, 0.1) is 6.61 Å². The van der Waals surface area contributed by atoms with Gasteiger partial charge in [0.15, 0.2) is 0 Å². The highest BCUT2D eigenvalue weighted by Gasteiger charge is 2.02. The maximum atomic E-state index is 5.56. The van der Waals surface area contributed by atoms with Crippen LogP contribution in [0.4, 0.5) is 0 Å². The second-order valence-corrected chi connectivity index (χ2v) is 4.79. The standard InChI is InChI=1S/C11H24BrNO/c1-4-6-13(7-5-12)8-9-14-10-11(2)3/h11H,4-10H2,1-3H3. The average Bonchev–Trinajstić information content (AvgIpc) is 2.12. The molecule has 0 bridgehead atoms. The van der Waals surface area contributed by atoms with Crippen molar-refractivity contribution in [2.24, 2.45) is 5.92 Å². The van der Waals surface area contributed by atoms with Crippen LogP contribution in [0, 0.1) is 5.92 Å². The number of alkyl halides is 1. The Hall–Kier alpha value is 0.400. The molecule has 0 aliphatic carbocycles. The van der Waals surface area contributed by atoms with Crippen LogP contribution in [0.15, 0.2) is 0 Å². The molecule has 0 aromatic rings. The molecule has 0 saturated carbocycles. The van der Waals surface area contributed by atoms with Gasteiger partial charge in [-0.2, -0.15) is 0 Å². The van der Waals surface area contributed by atoms with Crippen molar-refractivity contribution in [3.05, 3.63) is 0 Å². The summed E-state index contributed by atoms with van der Waals surface area (Å²) in [7, 11) is 0. The maximum absolute atomic E-state index is 5.56. The summed E-state index contributed by atoms with van der Waals surface area (Å²) < 4.78 is 5.56. The summed E-state index contributed by atoms with van der Waals surface area (Å²) in [5.74, 6) is 0.644. The zero-order chi connectivity index (χ0) is 10.8. The molecule has 0 atom stereocenters. The van der Waals surface area contributed by atoms with Gasteiger partial charge < -0.3 is 9.64 Å². The first-order chi connectivity index (χ1) is 6.70. The molecule has 0 aliphatic rings. The van der Waals surface area contributed by atoms with E-state index in [4.69, 9.17) is 4.74 Å². The van der Waals surface area contributed by atoms with Crippen molar-refractivity contribution in [3.63, 3.8) is 0 Å². The second kappa shape index (κ2) is 9.94. The van der Waals surface area contributed by atoms with Crippen LogP contribution in [-0.4, -0.2) is 43.1 Å². The minimum atomic E-state index is 0.644. The van der Waals surface area contributed by atoms with Crippen LogP contribution in [0.5, 0.6) is 0 Å². The van der Waals surface area contributed by atoms with E-state index in [0.717, 1.165) is 31.6 Å². The number of hydrogen-bond donors (Lipinski definition) is 0. The summed E-state index contributed by atoms with van der Waals surface area (Å²) in [4.78, 5) is 2.44. The predicted octanol–water partition coefficient (Wildman–Crippen LogP) is 2.77. The summed E-state index contributed by atoms with van der Waals surface area (Å²) in [5.41, 5.74) is 0. The molecule has 0 unspecified atom stereocenters. The summed E-state index contributed by atoms with van der Waals surface area (Å²) in [5, 5.41) is 1.05. The van der Waals surface area contributed by atoms with Crippen LogP contribution in [0.25, 0.3) is 0 Å². The Morgan fingerprint density at radius 2 is 1.93 bits per heavy atom. The highest BCUT2D eigenvalue weighted by Crippen LogP contribution is 1.96. The number of hydrogen-bond acceptors (Lipinski definition) is 2. The van der Waals surface area contributed by atoms with Gasteiger partial charge in [0.2, 0.25) is 0 Å². The van der Waals surface area contributed by atoms with Crippen molar-refractivity contribution in [3.8, 4) is 0 Å². The van der Waals surface area contributed by atoms with Gasteiger partial charge >= 0.3 is 0 Å². The lowest BCUT2D eigenvalue weighted by Crippen LogP contribution is -2.30. The smallest absolute Gasteiger partial charge is 0.0593 e. The predicted molar refractivity (Wildman–Crippen MR) is 66.2 cm³/mol. The van der Waals surface area contributed by atoms with Crippen molar-refractivity contribution >= 4 is 15.9 Å². The Morgan fingerprint density at radius 1 is 1.21 bits per heavy atom. The van der Waals surface area contributed by atoms with Crippen LogP contribution < -0.4 is 0 Å². The van der Waals surface area contributed by atoms with E-state index >= 15 is 0 Å². The molecule has 0 amide bonds. The van der Waals surface area contributed by atoms with Crippen molar-refractivity contribution in [1.82, 2.24) is 4.90 Å². The summed E-state index contributed by atoms with van der Waals surface area (Å²) >= 11 is 3.47. The highest BCUT2D eigenvalue weighted by molar-refractivity contribution is 9.09. The first-order valence-corrected chi connectivity index (χ1v) is 6.68. The van der Waals surface area contributed by atoms with Gasteiger partial charge in [-0.05, 0) is 18.9 Å².